The third-order valence-electron chi connectivity index (χ3n) is 3.44. The molecule has 0 unspecified atom stereocenters. The molecule has 5 nitrogen and oxygen atoms in total. The first-order chi connectivity index (χ1) is 9.61. The summed E-state index contributed by atoms with van der Waals surface area (Å²) in [6.07, 6.45) is 0.240. The zero-order chi connectivity index (χ0) is 15.8. The van der Waals surface area contributed by atoms with Crippen molar-refractivity contribution in [3.63, 3.8) is 0 Å². The minimum absolute atomic E-state index is 0.0889. The predicted molar refractivity (Wildman–Crippen MR) is 88.1 cm³/mol. The minimum atomic E-state index is -3.64. The maximum absolute atomic E-state index is 12.3. The molecular formula is C12H15BrClNO4S2. The van der Waals surface area contributed by atoms with Gasteiger partial charge in [0.1, 0.15) is 9.84 Å². The van der Waals surface area contributed by atoms with Gasteiger partial charge in [0.25, 0.3) is 0 Å². The number of sulfonamides is 1. The van der Waals surface area contributed by atoms with Gasteiger partial charge in [0.15, 0.2) is 0 Å². The number of halogens is 2. The van der Waals surface area contributed by atoms with Crippen LogP contribution in [0.1, 0.15) is 18.4 Å². The Morgan fingerprint density at radius 2 is 1.86 bits per heavy atom. The van der Waals surface area contributed by atoms with Crippen LogP contribution in [0, 0.1) is 6.92 Å². The molecule has 9 heteroatoms. The Hall–Kier alpha value is -0.310. The Morgan fingerprint density at radius 1 is 1.29 bits per heavy atom. The highest BCUT2D eigenvalue weighted by Gasteiger charge is 2.33. The van der Waals surface area contributed by atoms with Gasteiger partial charge in [-0.25, -0.2) is 16.8 Å². The standard InChI is InChI=1S/C12H15BrClNO4S2/c1-8-6-10(13)12(7-11(8)14)15-21(18,19)9-2-4-20(16,17)5-3-9/h6-7,9,15H,2-5H2,1H3. The number of hydrogen-bond donors (Lipinski definition) is 1. The third kappa shape index (κ3) is 4.12. The first-order valence-corrected chi connectivity index (χ1v) is 10.8. The number of nitrogens with one attached hydrogen (secondary N) is 1. The summed E-state index contributed by atoms with van der Waals surface area (Å²) in [6, 6.07) is 3.27. The summed E-state index contributed by atoms with van der Waals surface area (Å²) in [4.78, 5) is 0. The molecular weight excluding hydrogens is 402 g/mol. The van der Waals surface area contributed by atoms with Gasteiger partial charge in [0.2, 0.25) is 10.0 Å². The molecule has 1 fully saturated rings. The van der Waals surface area contributed by atoms with E-state index in [4.69, 9.17) is 11.6 Å². The maximum Gasteiger partial charge on any atom is 0.235 e. The summed E-state index contributed by atoms with van der Waals surface area (Å²) >= 11 is 9.30. The van der Waals surface area contributed by atoms with Crippen molar-refractivity contribution >= 4 is 53.1 Å². The second kappa shape index (κ2) is 6.06. The van der Waals surface area contributed by atoms with Gasteiger partial charge < -0.3 is 0 Å². The molecule has 1 aliphatic heterocycles. The van der Waals surface area contributed by atoms with E-state index in [9.17, 15) is 16.8 Å². The van der Waals surface area contributed by atoms with Crippen LogP contribution >= 0.6 is 27.5 Å². The summed E-state index contributed by atoms with van der Waals surface area (Å²) in [7, 11) is -6.73. The molecule has 0 atom stereocenters. The smallest absolute Gasteiger partial charge is 0.235 e. The van der Waals surface area contributed by atoms with Gasteiger partial charge >= 0.3 is 0 Å². The van der Waals surface area contributed by atoms with Crippen molar-refractivity contribution in [2.24, 2.45) is 0 Å². The molecule has 118 valence electrons. The normalized spacial score (nSPS) is 19.4. The van der Waals surface area contributed by atoms with Crippen molar-refractivity contribution in [3.8, 4) is 0 Å². The van der Waals surface area contributed by atoms with Crippen molar-refractivity contribution < 1.29 is 16.8 Å². The summed E-state index contributed by atoms with van der Waals surface area (Å²) in [6.45, 7) is 1.82. The van der Waals surface area contributed by atoms with Gasteiger partial charge in [0, 0.05) is 9.50 Å². The first-order valence-electron chi connectivity index (χ1n) is 6.28. The molecule has 0 aromatic heterocycles. The fourth-order valence-electron chi connectivity index (χ4n) is 2.14. The summed E-state index contributed by atoms with van der Waals surface area (Å²) in [5.74, 6) is -0.178. The molecule has 1 N–H and O–H groups in total. The van der Waals surface area contributed by atoms with Crippen LogP contribution in [0.4, 0.5) is 5.69 Å². The molecule has 21 heavy (non-hydrogen) atoms. The lowest BCUT2D eigenvalue weighted by Crippen LogP contribution is -2.36. The van der Waals surface area contributed by atoms with Crippen LogP contribution in [-0.4, -0.2) is 33.6 Å². The summed E-state index contributed by atoms with van der Waals surface area (Å²) in [5.41, 5.74) is 1.19. The van der Waals surface area contributed by atoms with Gasteiger partial charge in [-0.1, -0.05) is 11.6 Å². The van der Waals surface area contributed by atoms with Crippen LogP contribution in [0.2, 0.25) is 5.02 Å². The summed E-state index contributed by atoms with van der Waals surface area (Å²) in [5, 5.41) is -0.241. The van der Waals surface area contributed by atoms with Crippen LogP contribution in [0.3, 0.4) is 0 Å². The van der Waals surface area contributed by atoms with Gasteiger partial charge in [-0.3, -0.25) is 4.72 Å². The van der Waals surface area contributed by atoms with E-state index in [0.29, 0.717) is 15.2 Å². The highest BCUT2D eigenvalue weighted by atomic mass is 79.9. The molecule has 0 bridgehead atoms. The van der Waals surface area contributed by atoms with E-state index in [1.54, 1.807) is 6.07 Å². The van der Waals surface area contributed by atoms with Crippen molar-refractivity contribution in [2.45, 2.75) is 25.0 Å². The average molecular weight is 417 g/mol. The quantitative estimate of drug-likeness (QED) is 0.821. The molecule has 1 heterocycles. The topological polar surface area (TPSA) is 80.3 Å². The number of rotatable bonds is 3. The van der Waals surface area contributed by atoms with Crippen molar-refractivity contribution in [2.75, 3.05) is 16.2 Å². The van der Waals surface area contributed by atoms with Gasteiger partial charge in [-0.2, -0.15) is 0 Å². The molecule has 2 rings (SSSR count). The number of aryl methyl sites for hydroxylation is 1. The fourth-order valence-corrected chi connectivity index (χ4v) is 6.28. The van der Waals surface area contributed by atoms with E-state index in [0.717, 1.165) is 5.56 Å². The Morgan fingerprint density at radius 3 is 2.43 bits per heavy atom. The van der Waals surface area contributed by atoms with E-state index in [1.165, 1.54) is 6.07 Å². The molecule has 1 saturated heterocycles. The monoisotopic (exact) mass is 415 g/mol. The van der Waals surface area contributed by atoms with Crippen LogP contribution in [0.15, 0.2) is 16.6 Å². The highest BCUT2D eigenvalue weighted by molar-refractivity contribution is 9.10. The Labute approximate surface area is 138 Å². The third-order valence-corrected chi connectivity index (χ3v) is 8.07. The van der Waals surface area contributed by atoms with Crippen molar-refractivity contribution in [1.82, 2.24) is 0 Å². The van der Waals surface area contributed by atoms with E-state index in [-0.39, 0.29) is 24.3 Å². The average Bonchev–Trinajstić information content (AvgIpc) is 2.35. The maximum atomic E-state index is 12.3. The van der Waals surface area contributed by atoms with E-state index < -0.39 is 25.1 Å². The predicted octanol–water partition coefficient (Wildman–Crippen LogP) is 2.73. The first kappa shape index (κ1) is 17.1. The lowest BCUT2D eigenvalue weighted by molar-refractivity contribution is 0.555. The van der Waals surface area contributed by atoms with Crippen LogP contribution < -0.4 is 4.72 Å². The van der Waals surface area contributed by atoms with Crippen molar-refractivity contribution in [1.29, 1.82) is 0 Å². The van der Waals surface area contributed by atoms with Gasteiger partial charge in [-0.05, 0) is 53.4 Å². The molecule has 1 aliphatic rings. The molecule has 1 aromatic carbocycles. The summed E-state index contributed by atoms with van der Waals surface area (Å²) < 4.78 is 50.5. The second-order valence-electron chi connectivity index (χ2n) is 5.08. The van der Waals surface area contributed by atoms with Crippen LogP contribution in [0.25, 0.3) is 0 Å². The molecule has 0 radical (unpaired) electrons. The SMILES string of the molecule is Cc1cc(Br)c(NS(=O)(=O)C2CCS(=O)(=O)CC2)cc1Cl. The van der Waals surface area contributed by atoms with Gasteiger partial charge in [0.05, 0.1) is 22.4 Å². The lowest BCUT2D eigenvalue weighted by Gasteiger charge is -2.23. The number of sulfone groups is 1. The largest absolute Gasteiger partial charge is 0.282 e. The molecule has 0 saturated carbocycles. The Balaban J connectivity index is 2.21. The van der Waals surface area contributed by atoms with E-state index >= 15 is 0 Å². The van der Waals surface area contributed by atoms with Crippen molar-refractivity contribution in [3.05, 3.63) is 27.2 Å². The highest BCUT2D eigenvalue weighted by Crippen LogP contribution is 2.31. The van der Waals surface area contributed by atoms with E-state index in [2.05, 4.69) is 20.7 Å². The second-order valence-corrected chi connectivity index (χ2v) is 10.6. The Bertz CT molecular complexity index is 748. The van der Waals surface area contributed by atoms with Gasteiger partial charge in [-0.15, -0.1) is 0 Å². The van der Waals surface area contributed by atoms with Crippen LogP contribution in [0.5, 0.6) is 0 Å². The molecule has 0 spiro atoms. The minimum Gasteiger partial charge on any atom is -0.282 e. The number of hydrogen-bond acceptors (Lipinski definition) is 4. The zero-order valence-electron chi connectivity index (χ0n) is 11.3. The van der Waals surface area contributed by atoms with E-state index in [1.807, 2.05) is 6.92 Å². The number of benzene rings is 1. The Kier molecular flexibility index (Phi) is 4.92. The molecule has 0 aliphatic carbocycles. The zero-order valence-corrected chi connectivity index (χ0v) is 15.2. The number of anilines is 1. The molecule has 1 aromatic rings. The fraction of sp³-hybridized carbons (Fsp3) is 0.500. The van der Waals surface area contributed by atoms with Crippen LogP contribution in [-0.2, 0) is 19.9 Å². The molecule has 0 amide bonds. The lowest BCUT2D eigenvalue weighted by atomic mass is 10.2.